The molecule has 0 fully saturated rings. The highest BCUT2D eigenvalue weighted by molar-refractivity contribution is 6.11. The summed E-state index contributed by atoms with van der Waals surface area (Å²) in [6.07, 6.45) is 4.16. The van der Waals surface area contributed by atoms with E-state index in [0.717, 1.165) is 5.56 Å². The highest BCUT2D eigenvalue weighted by Gasteiger charge is 2.15. The number of phenols is 1. The number of carbonyl (C=O) groups is 1. The van der Waals surface area contributed by atoms with Gasteiger partial charge in [-0.2, -0.15) is 0 Å². The molecule has 1 N–H and O–H groups in total. The van der Waals surface area contributed by atoms with Crippen LogP contribution in [0.1, 0.15) is 21.5 Å². The summed E-state index contributed by atoms with van der Waals surface area (Å²) in [6, 6.07) is 9.29. The van der Waals surface area contributed by atoms with Crippen LogP contribution in [-0.2, 0) is 0 Å². The minimum atomic E-state index is -0.406. The van der Waals surface area contributed by atoms with Gasteiger partial charge in [-0.15, -0.1) is 0 Å². The second kappa shape index (κ2) is 5.48. The third-order valence-corrected chi connectivity index (χ3v) is 3.48. The quantitative estimate of drug-likeness (QED) is 0.572. The Kier molecular flexibility index (Phi) is 3.51. The van der Waals surface area contributed by atoms with Crippen LogP contribution >= 0.6 is 0 Å². The largest absolute Gasteiger partial charge is 0.506 e. The molecular formula is C18H13FO3. The average Bonchev–Trinajstić information content (AvgIpc) is 2.89. The first-order valence-corrected chi connectivity index (χ1v) is 6.74. The monoisotopic (exact) mass is 296 g/mol. The zero-order valence-electron chi connectivity index (χ0n) is 11.8. The summed E-state index contributed by atoms with van der Waals surface area (Å²) < 4.78 is 18.8. The molecule has 22 heavy (non-hydrogen) atoms. The fourth-order valence-electron chi connectivity index (χ4n) is 2.33. The van der Waals surface area contributed by atoms with E-state index < -0.39 is 11.6 Å². The van der Waals surface area contributed by atoms with Gasteiger partial charge < -0.3 is 9.52 Å². The Morgan fingerprint density at radius 2 is 2.00 bits per heavy atom. The molecule has 2 aromatic carbocycles. The lowest BCUT2D eigenvalue weighted by molar-refractivity contribution is 0.104. The number of rotatable bonds is 3. The minimum Gasteiger partial charge on any atom is -0.506 e. The molecule has 0 atom stereocenters. The van der Waals surface area contributed by atoms with Crippen molar-refractivity contribution in [1.29, 1.82) is 0 Å². The van der Waals surface area contributed by atoms with Crippen molar-refractivity contribution in [3.8, 4) is 5.75 Å². The van der Waals surface area contributed by atoms with E-state index in [0.29, 0.717) is 16.5 Å². The molecule has 110 valence electrons. The van der Waals surface area contributed by atoms with Crippen LogP contribution in [0.5, 0.6) is 5.75 Å². The smallest absolute Gasteiger partial charge is 0.189 e. The van der Waals surface area contributed by atoms with E-state index in [1.807, 2.05) is 0 Å². The van der Waals surface area contributed by atoms with Crippen molar-refractivity contribution in [2.75, 3.05) is 0 Å². The number of ketones is 1. The number of carbonyl (C=O) groups excluding carboxylic acids is 1. The molecular weight excluding hydrogens is 283 g/mol. The molecule has 0 radical (unpaired) electrons. The number of hydrogen-bond acceptors (Lipinski definition) is 3. The van der Waals surface area contributed by atoms with E-state index in [1.54, 1.807) is 31.2 Å². The van der Waals surface area contributed by atoms with E-state index in [1.165, 1.54) is 30.5 Å². The predicted molar refractivity (Wildman–Crippen MR) is 82.4 cm³/mol. The zero-order valence-corrected chi connectivity index (χ0v) is 11.8. The molecule has 0 aliphatic heterocycles. The van der Waals surface area contributed by atoms with Gasteiger partial charge in [0.05, 0.1) is 17.2 Å². The van der Waals surface area contributed by atoms with Crippen molar-refractivity contribution >= 4 is 22.8 Å². The van der Waals surface area contributed by atoms with Gasteiger partial charge in [-0.05, 0) is 42.8 Å². The van der Waals surface area contributed by atoms with Crippen molar-refractivity contribution < 1.29 is 18.7 Å². The molecule has 3 nitrogen and oxygen atoms in total. The van der Waals surface area contributed by atoms with E-state index in [-0.39, 0.29) is 11.3 Å². The maximum Gasteiger partial charge on any atom is 0.189 e. The lowest BCUT2D eigenvalue weighted by Gasteiger charge is -2.02. The average molecular weight is 296 g/mol. The second-order valence-electron chi connectivity index (χ2n) is 4.97. The van der Waals surface area contributed by atoms with Gasteiger partial charge in [0.1, 0.15) is 17.1 Å². The fourth-order valence-corrected chi connectivity index (χ4v) is 2.33. The summed E-state index contributed by atoms with van der Waals surface area (Å²) in [7, 11) is 0. The lowest BCUT2D eigenvalue weighted by Crippen LogP contribution is -1.95. The highest BCUT2D eigenvalue weighted by atomic mass is 19.1. The highest BCUT2D eigenvalue weighted by Crippen LogP contribution is 2.33. The number of fused-ring (bicyclic) bond motifs is 1. The number of phenolic OH excluding ortho intramolecular Hbond substituents is 1. The normalized spacial score (nSPS) is 11.4. The van der Waals surface area contributed by atoms with Gasteiger partial charge in [0.2, 0.25) is 0 Å². The topological polar surface area (TPSA) is 50.4 Å². The predicted octanol–water partition coefficient (Wildman–Crippen LogP) is 4.48. The van der Waals surface area contributed by atoms with Crippen LogP contribution < -0.4 is 0 Å². The third kappa shape index (κ3) is 2.39. The van der Waals surface area contributed by atoms with Crippen LogP contribution in [0.4, 0.5) is 4.39 Å². The fraction of sp³-hybridized carbons (Fsp3) is 0.0556. The minimum absolute atomic E-state index is 0.119. The van der Waals surface area contributed by atoms with Gasteiger partial charge in [0.25, 0.3) is 0 Å². The Morgan fingerprint density at radius 3 is 2.77 bits per heavy atom. The van der Waals surface area contributed by atoms with E-state index in [4.69, 9.17) is 4.42 Å². The zero-order chi connectivity index (χ0) is 15.7. The molecule has 0 bridgehead atoms. The molecule has 4 heteroatoms. The molecule has 0 aliphatic carbocycles. The summed E-state index contributed by atoms with van der Waals surface area (Å²) in [6.45, 7) is 1.79. The van der Waals surface area contributed by atoms with Crippen molar-refractivity contribution in [3.63, 3.8) is 0 Å². The number of aromatic hydroxyl groups is 1. The van der Waals surface area contributed by atoms with Crippen molar-refractivity contribution in [2.45, 2.75) is 6.92 Å². The maximum absolute atomic E-state index is 13.5. The third-order valence-electron chi connectivity index (χ3n) is 3.48. The van der Waals surface area contributed by atoms with Crippen molar-refractivity contribution in [1.82, 2.24) is 0 Å². The summed E-state index contributed by atoms with van der Waals surface area (Å²) in [5, 5.41) is 10.8. The van der Waals surface area contributed by atoms with E-state index >= 15 is 0 Å². The summed E-state index contributed by atoms with van der Waals surface area (Å²) >= 11 is 0. The van der Waals surface area contributed by atoms with Crippen LogP contribution in [0.25, 0.3) is 17.0 Å². The molecule has 1 heterocycles. The van der Waals surface area contributed by atoms with E-state index in [2.05, 4.69) is 0 Å². The Morgan fingerprint density at radius 1 is 1.23 bits per heavy atom. The van der Waals surface area contributed by atoms with Crippen LogP contribution in [0.3, 0.4) is 0 Å². The first-order valence-electron chi connectivity index (χ1n) is 6.74. The molecule has 0 saturated carbocycles. The number of hydrogen-bond donors (Lipinski definition) is 1. The van der Waals surface area contributed by atoms with Gasteiger partial charge in [-0.1, -0.05) is 18.2 Å². The van der Waals surface area contributed by atoms with E-state index in [9.17, 15) is 14.3 Å². The van der Waals surface area contributed by atoms with Gasteiger partial charge in [-0.25, -0.2) is 4.39 Å². The number of furan rings is 1. The summed E-state index contributed by atoms with van der Waals surface area (Å²) in [5.41, 5.74) is 1.74. The first-order chi connectivity index (χ1) is 10.6. The molecule has 0 spiro atoms. The Labute approximate surface area is 126 Å². The SMILES string of the molecule is Cc1coc2ccc(C(=O)/C=C/c3ccccc3F)c(O)c12. The molecule has 3 aromatic rings. The van der Waals surface area contributed by atoms with Gasteiger partial charge >= 0.3 is 0 Å². The number of allylic oxidation sites excluding steroid dienone is 1. The Hall–Kier alpha value is -2.88. The Bertz CT molecular complexity index is 890. The van der Waals surface area contributed by atoms with Crippen LogP contribution in [-0.4, -0.2) is 10.9 Å². The van der Waals surface area contributed by atoms with Crippen LogP contribution in [0.15, 0.2) is 53.2 Å². The summed E-state index contributed by atoms with van der Waals surface area (Å²) in [5.74, 6) is -0.924. The van der Waals surface area contributed by atoms with Crippen molar-refractivity contribution in [2.24, 2.45) is 0 Å². The molecule has 0 unspecified atom stereocenters. The maximum atomic E-state index is 13.5. The standard InChI is InChI=1S/C18H13FO3/c1-11-10-22-16-9-7-13(18(21)17(11)16)15(20)8-6-12-4-2-3-5-14(12)19/h2-10,21H,1H3/b8-6+. The first kappa shape index (κ1) is 14.1. The van der Waals surface area contributed by atoms with Gasteiger partial charge in [0.15, 0.2) is 5.78 Å². The molecule has 3 rings (SSSR count). The van der Waals surface area contributed by atoms with Crippen LogP contribution in [0, 0.1) is 12.7 Å². The molecule has 1 aromatic heterocycles. The van der Waals surface area contributed by atoms with Gasteiger partial charge in [-0.3, -0.25) is 4.79 Å². The molecule has 0 amide bonds. The summed E-state index contributed by atoms with van der Waals surface area (Å²) in [4.78, 5) is 12.2. The number of benzene rings is 2. The Balaban J connectivity index is 1.97. The number of halogens is 1. The number of aryl methyl sites for hydroxylation is 1. The van der Waals surface area contributed by atoms with Crippen LogP contribution in [0.2, 0.25) is 0 Å². The van der Waals surface area contributed by atoms with Gasteiger partial charge in [0, 0.05) is 5.56 Å². The lowest BCUT2D eigenvalue weighted by atomic mass is 10.0. The van der Waals surface area contributed by atoms with Crippen molar-refractivity contribution in [3.05, 3.63) is 71.2 Å². The molecule has 0 saturated heterocycles. The molecule has 0 aliphatic rings. The second-order valence-corrected chi connectivity index (χ2v) is 4.97.